The Hall–Kier alpha value is -3.03. The van der Waals surface area contributed by atoms with Gasteiger partial charge < -0.3 is 9.15 Å². The highest BCUT2D eigenvalue weighted by Crippen LogP contribution is 2.45. The first-order valence-corrected chi connectivity index (χ1v) is 7.13. The fourth-order valence-corrected chi connectivity index (χ4v) is 2.54. The zero-order valence-electron chi connectivity index (χ0n) is 13.5. The maximum absolute atomic E-state index is 12.5. The fraction of sp³-hybridized carbons (Fsp3) is 0.312. The predicted octanol–water partition coefficient (Wildman–Crippen LogP) is 2.93. The van der Waals surface area contributed by atoms with E-state index in [1.54, 1.807) is 0 Å². The number of carbonyl (C=O) groups excluding carboxylic acids is 2. The Morgan fingerprint density at radius 1 is 1.17 bits per heavy atom. The molecular weight excluding hydrogens is 316 g/mol. The maximum Gasteiger partial charge on any atom is 0.281 e. The topological polar surface area (TPSA) is 113 Å². The van der Waals surface area contributed by atoms with Crippen LogP contribution in [0.25, 0.3) is 11.3 Å². The second-order valence-corrected chi connectivity index (χ2v) is 6.40. The van der Waals surface area contributed by atoms with Crippen molar-refractivity contribution in [3.05, 3.63) is 39.4 Å². The van der Waals surface area contributed by atoms with Crippen LogP contribution < -0.4 is 4.74 Å². The van der Waals surface area contributed by atoms with E-state index in [1.165, 1.54) is 19.2 Å². The third kappa shape index (κ3) is 2.10. The second-order valence-electron chi connectivity index (χ2n) is 6.40. The van der Waals surface area contributed by atoms with Crippen molar-refractivity contribution in [3.63, 3.8) is 0 Å². The Kier molecular flexibility index (Phi) is 3.29. The molecule has 0 N–H and O–H groups in total. The van der Waals surface area contributed by atoms with E-state index in [1.807, 2.05) is 20.8 Å². The van der Waals surface area contributed by atoms with Crippen molar-refractivity contribution in [1.29, 1.82) is 0 Å². The molecule has 1 aromatic heterocycles. The van der Waals surface area contributed by atoms with E-state index >= 15 is 0 Å². The van der Waals surface area contributed by atoms with Crippen LogP contribution in [0.15, 0.2) is 16.5 Å². The molecule has 0 atom stereocenters. The zero-order valence-corrected chi connectivity index (χ0v) is 13.5. The summed E-state index contributed by atoms with van der Waals surface area (Å²) in [6.45, 7) is 5.45. The Morgan fingerprint density at radius 2 is 1.83 bits per heavy atom. The lowest BCUT2D eigenvalue weighted by molar-refractivity contribution is -0.384. The lowest BCUT2D eigenvalue weighted by Crippen LogP contribution is -2.22. The van der Waals surface area contributed by atoms with Crippen molar-refractivity contribution in [1.82, 2.24) is 4.98 Å². The molecule has 3 rings (SSSR count). The van der Waals surface area contributed by atoms with Crippen LogP contribution in [0.4, 0.5) is 5.69 Å². The summed E-state index contributed by atoms with van der Waals surface area (Å²) in [6.07, 6.45) is 0. The molecule has 0 spiro atoms. The summed E-state index contributed by atoms with van der Waals surface area (Å²) in [5.74, 6) is -1.53. The molecule has 0 fully saturated rings. The number of ketones is 2. The van der Waals surface area contributed by atoms with Gasteiger partial charge in [0.2, 0.25) is 11.7 Å². The maximum atomic E-state index is 12.5. The van der Waals surface area contributed by atoms with Crippen LogP contribution in [0.2, 0.25) is 0 Å². The Balaban J connectivity index is 2.43. The highest BCUT2D eigenvalue weighted by molar-refractivity contribution is 6.53. The van der Waals surface area contributed by atoms with Gasteiger partial charge >= 0.3 is 0 Å². The molecule has 8 nitrogen and oxygen atoms in total. The van der Waals surface area contributed by atoms with Crippen LogP contribution in [0.1, 0.15) is 47.5 Å². The van der Waals surface area contributed by atoms with Crippen molar-refractivity contribution in [2.75, 3.05) is 7.11 Å². The first-order chi connectivity index (χ1) is 11.2. The van der Waals surface area contributed by atoms with Crippen LogP contribution >= 0.6 is 0 Å². The van der Waals surface area contributed by atoms with E-state index in [2.05, 4.69) is 4.98 Å². The minimum atomic E-state index is -0.896. The summed E-state index contributed by atoms with van der Waals surface area (Å²) < 4.78 is 10.8. The molecule has 0 bridgehead atoms. The lowest BCUT2D eigenvalue weighted by atomic mass is 9.89. The van der Waals surface area contributed by atoms with E-state index in [0.717, 1.165) is 0 Å². The van der Waals surface area contributed by atoms with Crippen molar-refractivity contribution in [3.8, 4) is 17.1 Å². The molecule has 0 amide bonds. The number of nitro benzene ring substituents is 1. The van der Waals surface area contributed by atoms with Crippen molar-refractivity contribution in [2.24, 2.45) is 0 Å². The van der Waals surface area contributed by atoms with Crippen LogP contribution in [0.3, 0.4) is 0 Å². The first-order valence-electron chi connectivity index (χ1n) is 7.13. The fourth-order valence-electron chi connectivity index (χ4n) is 2.54. The molecule has 0 unspecified atom stereocenters. The number of ether oxygens (including phenoxy) is 1. The Morgan fingerprint density at radius 3 is 2.38 bits per heavy atom. The van der Waals surface area contributed by atoms with Gasteiger partial charge in [0, 0.05) is 11.5 Å². The minimum absolute atomic E-state index is 0.0647. The molecular formula is C16H14N2O6. The van der Waals surface area contributed by atoms with Crippen LogP contribution in [-0.4, -0.2) is 28.6 Å². The van der Waals surface area contributed by atoms with Gasteiger partial charge in [-0.1, -0.05) is 20.8 Å². The lowest BCUT2D eigenvalue weighted by Gasteiger charge is -2.15. The van der Waals surface area contributed by atoms with Gasteiger partial charge in [-0.3, -0.25) is 19.7 Å². The number of benzene rings is 1. The predicted molar refractivity (Wildman–Crippen MR) is 82.5 cm³/mol. The summed E-state index contributed by atoms with van der Waals surface area (Å²) in [7, 11) is 1.32. The molecule has 0 aliphatic heterocycles. The van der Waals surface area contributed by atoms with Gasteiger partial charge in [-0.25, -0.2) is 4.98 Å². The van der Waals surface area contributed by atoms with E-state index < -0.39 is 21.9 Å². The number of oxazole rings is 1. The van der Waals surface area contributed by atoms with Gasteiger partial charge in [0.05, 0.1) is 17.6 Å². The molecule has 0 saturated heterocycles. The summed E-state index contributed by atoms with van der Waals surface area (Å²) in [6, 6.07) is 2.50. The highest BCUT2D eigenvalue weighted by Gasteiger charge is 2.43. The van der Waals surface area contributed by atoms with E-state index in [9.17, 15) is 19.7 Å². The molecule has 124 valence electrons. The van der Waals surface area contributed by atoms with Crippen molar-refractivity contribution in [2.45, 2.75) is 26.2 Å². The van der Waals surface area contributed by atoms with Crippen LogP contribution in [0.5, 0.6) is 5.75 Å². The van der Waals surface area contributed by atoms with Gasteiger partial charge in [-0.05, 0) is 6.07 Å². The molecule has 1 aromatic carbocycles. The summed E-state index contributed by atoms with van der Waals surface area (Å²) in [5, 5.41) is 11.4. The molecule has 2 aromatic rings. The number of nitrogens with zero attached hydrogens (tertiary/aromatic N) is 2. The third-order valence-electron chi connectivity index (χ3n) is 3.71. The third-order valence-corrected chi connectivity index (χ3v) is 3.71. The number of aromatic nitrogens is 1. The Bertz CT molecular complexity index is 904. The van der Waals surface area contributed by atoms with E-state index in [-0.39, 0.29) is 39.9 Å². The Labute approximate surface area is 136 Å². The van der Waals surface area contributed by atoms with Gasteiger partial charge in [0.25, 0.3) is 11.5 Å². The minimum Gasteiger partial charge on any atom is -0.496 e. The molecule has 1 aliphatic rings. The normalized spacial score (nSPS) is 13.5. The number of Topliss-reactive ketones (excluding diaryl/α,β-unsaturated/α-hetero) is 2. The number of methoxy groups -OCH3 is 1. The largest absolute Gasteiger partial charge is 0.496 e. The average Bonchev–Trinajstić information content (AvgIpc) is 2.96. The van der Waals surface area contributed by atoms with E-state index in [0.29, 0.717) is 0 Å². The molecule has 1 aliphatic carbocycles. The van der Waals surface area contributed by atoms with Gasteiger partial charge in [0.1, 0.15) is 11.3 Å². The van der Waals surface area contributed by atoms with E-state index in [4.69, 9.17) is 9.15 Å². The number of hydrogen-bond acceptors (Lipinski definition) is 7. The highest BCUT2D eigenvalue weighted by atomic mass is 16.6. The summed E-state index contributed by atoms with van der Waals surface area (Å²) in [5.41, 5.74) is -1.31. The number of carbonyl (C=O) groups is 2. The van der Waals surface area contributed by atoms with Crippen molar-refractivity contribution >= 4 is 17.3 Å². The van der Waals surface area contributed by atoms with Gasteiger partial charge in [-0.15, -0.1) is 0 Å². The second kappa shape index (κ2) is 4.98. The smallest absolute Gasteiger partial charge is 0.281 e. The first kappa shape index (κ1) is 15.9. The number of fused-ring (bicyclic) bond motifs is 3. The zero-order chi connectivity index (χ0) is 17.8. The summed E-state index contributed by atoms with van der Waals surface area (Å²) >= 11 is 0. The molecule has 0 radical (unpaired) electrons. The molecule has 0 saturated carbocycles. The SMILES string of the molecule is COc1ccc([N+](=O)[O-])c2c1C(=O)C(=O)c1nc(C(C)(C)C)oc1-2. The molecule has 1 heterocycles. The molecule has 8 heteroatoms. The quantitative estimate of drug-likeness (QED) is 0.472. The van der Waals surface area contributed by atoms with Crippen molar-refractivity contribution < 1.29 is 23.7 Å². The number of nitro groups is 1. The average molecular weight is 330 g/mol. The van der Waals surface area contributed by atoms with Crippen LogP contribution in [0, 0.1) is 10.1 Å². The van der Waals surface area contributed by atoms with Gasteiger partial charge in [-0.2, -0.15) is 0 Å². The monoisotopic (exact) mass is 330 g/mol. The van der Waals surface area contributed by atoms with Crippen LogP contribution in [-0.2, 0) is 5.41 Å². The number of hydrogen-bond donors (Lipinski definition) is 0. The number of rotatable bonds is 2. The van der Waals surface area contributed by atoms with Gasteiger partial charge in [0.15, 0.2) is 11.5 Å². The summed E-state index contributed by atoms with van der Waals surface area (Å²) in [4.78, 5) is 39.7. The molecule has 24 heavy (non-hydrogen) atoms. The standard InChI is InChI=1S/C16H14N2O6/c1-16(2,3)15-17-11-13(20)12(19)10-8(23-4)6-5-7(18(21)22)9(10)14(11)24-15/h5-6H,1-4H3.